The van der Waals surface area contributed by atoms with E-state index in [1.165, 1.54) is 31.1 Å². The Bertz CT molecular complexity index is 854. The third kappa shape index (κ3) is 5.82. The Labute approximate surface area is 184 Å². The van der Waals surface area contributed by atoms with Gasteiger partial charge in [0.25, 0.3) is 0 Å². The molecule has 1 saturated carbocycles. The van der Waals surface area contributed by atoms with Gasteiger partial charge in [0.15, 0.2) is 0 Å². The number of halogens is 2. The number of methoxy groups -OCH3 is 1. The van der Waals surface area contributed by atoms with E-state index < -0.39 is 41.1 Å². The Kier molecular flexibility index (Phi) is 7.48. The summed E-state index contributed by atoms with van der Waals surface area (Å²) in [4.78, 5) is 40.4. The number of carbonyl (C=O) groups excluding carboxylic acids is 2. The van der Waals surface area contributed by atoms with Gasteiger partial charge in [0, 0.05) is 19.1 Å². The zero-order valence-electron chi connectivity index (χ0n) is 18.0. The van der Waals surface area contributed by atoms with Crippen LogP contribution in [0, 0.1) is 11.9 Å². The number of amides is 1. The summed E-state index contributed by atoms with van der Waals surface area (Å²) in [5, 5.41) is 8.88. The largest absolute Gasteiger partial charge is 0.473 e. The summed E-state index contributed by atoms with van der Waals surface area (Å²) in [5.41, 5.74) is -2.46. The molecule has 31 heavy (non-hydrogen) atoms. The number of esters is 1. The van der Waals surface area contributed by atoms with E-state index in [-0.39, 0.29) is 36.3 Å². The van der Waals surface area contributed by atoms with Crippen LogP contribution in [0.25, 0.3) is 0 Å². The first-order valence-corrected chi connectivity index (χ1v) is 9.93. The fourth-order valence-electron chi connectivity index (χ4n) is 3.44. The van der Waals surface area contributed by atoms with Crippen LogP contribution < -0.4 is 0 Å². The monoisotopic (exact) mass is 460 g/mol. The zero-order chi connectivity index (χ0) is 23.6. The third-order valence-electron chi connectivity index (χ3n) is 5.06. The number of hydrogen-bond donors (Lipinski definition) is 1. The highest BCUT2D eigenvalue weighted by Crippen LogP contribution is 2.47. The van der Waals surface area contributed by atoms with Crippen LogP contribution in [0.4, 0.5) is 9.18 Å². The van der Waals surface area contributed by atoms with Crippen LogP contribution in [-0.2, 0) is 29.4 Å². The van der Waals surface area contributed by atoms with Crippen molar-refractivity contribution in [2.24, 2.45) is 5.92 Å². The number of rotatable bonds is 6. The van der Waals surface area contributed by atoms with E-state index >= 15 is 0 Å². The summed E-state index contributed by atoms with van der Waals surface area (Å²) in [6.45, 7) is 6.58. The Morgan fingerprint density at radius 2 is 1.84 bits per heavy atom. The van der Waals surface area contributed by atoms with E-state index in [9.17, 15) is 18.8 Å². The Morgan fingerprint density at radius 3 is 2.32 bits per heavy atom. The summed E-state index contributed by atoms with van der Waals surface area (Å²) in [6.07, 6.45) is -0.0105. The number of aromatic nitrogens is 1. The van der Waals surface area contributed by atoms with Crippen molar-refractivity contribution in [3.05, 3.63) is 28.8 Å². The lowest BCUT2D eigenvalue weighted by Crippen LogP contribution is -2.55. The van der Waals surface area contributed by atoms with Crippen LogP contribution >= 0.6 is 11.6 Å². The third-order valence-corrected chi connectivity index (χ3v) is 5.27. The molecule has 2 rings (SSSR count). The molecule has 0 bridgehead atoms. The standard InChI is InChI=1S/C20H26ClFN2O7/c1-19(2,3)31-18(28)24(10-29-5)12-8-11(9-12)20(4,30-17(27)16(25)26)13-6-7-14(21)23-15(13)22/h6-7,11-12H,8-10H2,1-5H3,(H,25,26). The molecule has 9 nitrogen and oxygen atoms in total. The van der Waals surface area contributed by atoms with Crippen molar-refractivity contribution in [1.82, 2.24) is 9.88 Å². The average molecular weight is 461 g/mol. The predicted octanol–water partition coefficient (Wildman–Crippen LogP) is 3.34. The topological polar surface area (TPSA) is 115 Å². The molecule has 1 aromatic rings. The molecule has 1 amide bonds. The summed E-state index contributed by atoms with van der Waals surface area (Å²) in [7, 11) is 1.43. The number of nitrogens with zero attached hydrogens (tertiary/aromatic N) is 2. The lowest BCUT2D eigenvalue weighted by atomic mass is 9.67. The Morgan fingerprint density at radius 1 is 1.23 bits per heavy atom. The van der Waals surface area contributed by atoms with E-state index in [1.807, 2.05) is 0 Å². The molecule has 1 aliphatic carbocycles. The van der Waals surface area contributed by atoms with Gasteiger partial charge in [0.05, 0.1) is 5.56 Å². The second-order valence-electron chi connectivity index (χ2n) is 8.46. The quantitative estimate of drug-likeness (QED) is 0.297. The van der Waals surface area contributed by atoms with Crippen molar-refractivity contribution in [1.29, 1.82) is 0 Å². The highest BCUT2D eigenvalue weighted by Gasteiger charge is 2.51. The lowest BCUT2D eigenvalue weighted by molar-refractivity contribution is -0.185. The Hall–Kier alpha value is -2.46. The maximum absolute atomic E-state index is 14.6. The van der Waals surface area contributed by atoms with Gasteiger partial charge < -0.3 is 19.3 Å². The molecule has 172 valence electrons. The minimum absolute atomic E-state index is 0.0329. The molecule has 0 aromatic carbocycles. The van der Waals surface area contributed by atoms with Gasteiger partial charge in [-0.15, -0.1) is 0 Å². The molecule has 0 aliphatic heterocycles. The zero-order valence-corrected chi connectivity index (χ0v) is 18.7. The first kappa shape index (κ1) is 24.8. The van der Waals surface area contributed by atoms with Crippen LogP contribution in [0.3, 0.4) is 0 Å². The van der Waals surface area contributed by atoms with E-state index in [4.69, 9.17) is 30.9 Å². The van der Waals surface area contributed by atoms with Gasteiger partial charge in [-0.1, -0.05) is 11.6 Å². The van der Waals surface area contributed by atoms with E-state index in [2.05, 4.69) is 4.98 Å². The number of pyridine rings is 1. The number of aliphatic carboxylic acids is 1. The Balaban J connectivity index is 2.28. The molecule has 0 radical (unpaired) electrons. The summed E-state index contributed by atoms with van der Waals surface area (Å²) >= 11 is 5.71. The molecule has 11 heteroatoms. The van der Waals surface area contributed by atoms with Crippen molar-refractivity contribution in [2.75, 3.05) is 13.8 Å². The van der Waals surface area contributed by atoms with Gasteiger partial charge in [0.2, 0.25) is 5.95 Å². The van der Waals surface area contributed by atoms with Crippen LogP contribution in [0.15, 0.2) is 12.1 Å². The second-order valence-corrected chi connectivity index (χ2v) is 8.85. The molecule has 1 heterocycles. The van der Waals surface area contributed by atoms with E-state index in [0.29, 0.717) is 0 Å². The smallest absolute Gasteiger partial charge is 0.418 e. The van der Waals surface area contributed by atoms with Crippen molar-refractivity contribution in [3.8, 4) is 0 Å². The second kappa shape index (κ2) is 9.35. The van der Waals surface area contributed by atoms with Crippen LogP contribution in [0.5, 0.6) is 0 Å². The maximum atomic E-state index is 14.6. The average Bonchev–Trinajstić information content (AvgIpc) is 2.57. The normalized spacial score (nSPS) is 20.2. The van der Waals surface area contributed by atoms with E-state index in [1.54, 1.807) is 20.8 Å². The summed E-state index contributed by atoms with van der Waals surface area (Å²) in [5.74, 6) is -4.81. The highest BCUT2D eigenvalue weighted by molar-refractivity contribution is 6.29. The van der Waals surface area contributed by atoms with Gasteiger partial charge >= 0.3 is 18.0 Å². The molecule has 1 N–H and O–H groups in total. The van der Waals surface area contributed by atoms with Gasteiger partial charge in [-0.3, -0.25) is 4.90 Å². The number of carboxylic acid groups (broad SMARTS) is 1. The number of carboxylic acids is 1. The van der Waals surface area contributed by atoms with Crippen molar-refractivity contribution >= 4 is 29.6 Å². The van der Waals surface area contributed by atoms with Crippen molar-refractivity contribution < 1.29 is 38.1 Å². The molecule has 1 atom stereocenters. The number of ether oxygens (including phenoxy) is 3. The first-order valence-electron chi connectivity index (χ1n) is 9.55. The fraction of sp³-hybridized carbons (Fsp3) is 0.600. The van der Waals surface area contributed by atoms with Gasteiger partial charge in [-0.05, 0) is 52.7 Å². The van der Waals surface area contributed by atoms with Gasteiger partial charge in [-0.2, -0.15) is 4.39 Å². The van der Waals surface area contributed by atoms with Crippen LogP contribution in [-0.4, -0.2) is 58.5 Å². The van der Waals surface area contributed by atoms with Crippen LogP contribution in [0.1, 0.15) is 46.1 Å². The minimum Gasteiger partial charge on any atom is -0.473 e. The van der Waals surface area contributed by atoms with Crippen molar-refractivity contribution in [2.45, 2.75) is 57.8 Å². The summed E-state index contributed by atoms with van der Waals surface area (Å²) in [6, 6.07) is 2.28. The van der Waals surface area contributed by atoms with Crippen LogP contribution in [0.2, 0.25) is 5.15 Å². The fourth-order valence-corrected chi connectivity index (χ4v) is 3.57. The molecule has 1 unspecified atom stereocenters. The first-order chi connectivity index (χ1) is 14.3. The van der Waals surface area contributed by atoms with E-state index in [0.717, 1.165) is 0 Å². The van der Waals surface area contributed by atoms with Crippen molar-refractivity contribution in [3.63, 3.8) is 0 Å². The molecule has 0 spiro atoms. The SMILES string of the molecule is COCN(C(=O)OC(C)(C)C)C1CC(C(C)(OC(=O)C(=O)O)c2ccc(Cl)nc2F)C1. The summed E-state index contributed by atoms with van der Waals surface area (Å²) < 4.78 is 30.3. The molecule has 1 fully saturated rings. The highest BCUT2D eigenvalue weighted by atomic mass is 35.5. The molecular formula is C20H26ClFN2O7. The molecule has 1 aliphatic rings. The maximum Gasteiger partial charge on any atom is 0.418 e. The van der Waals surface area contributed by atoms with Gasteiger partial charge in [-0.25, -0.2) is 19.4 Å². The predicted molar refractivity (Wildman–Crippen MR) is 107 cm³/mol. The minimum atomic E-state index is -1.81. The number of carbonyl (C=O) groups is 3. The molecular weight excluding hydrogens is 435 g/mol. The lowest BCUT2D eigenvalue weighted by Gasteiger charge is -2.49. The molecule has 0 saturated heterocycles. The van der Waals surface area contributed by atoms with Gasteiger partial charge in [0.1, 0.15) is 23.1 Å². The molecule has 1 aromatic heterocycles. The number of hydrogen-bond acceptors (Lipinski definition) is 7.